The highest BCUT2D eigenvalue weighted by molar-refractivity contribution is 5.93. The summed E-state index contributed by atoms with van der Waals surface area (Å²) in [5.74, 6) is 0. The van der Waals surface area contributed by atoms with Crippen LogP contribution in [0.3, 0.4) is 0 Å². The first-order chi connectivity index (χ1) is 9.70. The van der Waals surface area contributed by atoms with Crippen molar-refractivity contribution in [3.63, 3.8) is 0 Å². The summed E-state index contributed by atoms with van der Waals surface area (Å²) in [6.45, 7) is 4.38. The lowest BCUT2D eigenvalue weighted by molar-refractivity contribution is -0.659. The van der Waals surface area contributed by atoms with Gasteiger partial charge >= 0.3 is 0 Å². The first-order valence-corrected chi connectivity index (χ1v) is 7.18. The molecular weight excluding hydrogens is 242 g/mol. The van der Waals surface area contributed by atoms with Crippen molar-refractivity contribution in [3.8, 4) is 11.3 Å². The zero-order valence-electron chi connectivity index (χ0n) is 12.4. The van der Waals surface area contributed by atoms with Crippen molar-refractivity contribution < 1.29 is 4.57 Å². The van der Waals surface area contributed by atoms with Crippen LogP contribution in [0.4, 0.5) is 0 Å². The number of aromatic nitrogens is 1. The molecular formula is C19H20N+. The van der Waals surface area contributed by atoms with Gasteiger partial charge in [-0.25, -0.2) is 4.57 Å². The van der Waals surface area contributed by atoms with Gasteiger partial charge in [-0.2, -0.15) is 0 Å². The highest BCUT2D eigenvalue weighted by Crippen LogP contribution is 2.28. The van der Waals surface area contributed by atoms with Crippen molar-refractivity contribution >= 4 is 10.8 Å². The van der Waals surface area contributed by atoms with E-state index in [1.807, 2.05) is 0 Å². The third kappa shape index (κ3) is 2.09. The van der Waals surface area contributed by atoms with E-state index < -0.39 is 0 Å². The van der Waals surface area contributed by atoms with Gasteiger partial charge in [0.25, 0.3) is 0 Å². The van der Waals surface area contributed by atoms with Crippen molar-refractivity contribution in [3.05, 3.63) is 65.9 Å². The summed E-state index contributed by atoms with van der Waals surface area (Å²) in [7, 11) is 2.12. The Kier molecular flexibility index (Phi) is 3.27. The minimum Gasteiger partial charge on any atom is -0.200 e. The number of rotatable bonds is 2. The first-order valence-electron chi connectivity index (χ1n) is 7.18. The van der Waals surface area contributed by atoms with Crippen molar-refractivity contribution in [1.29, 1.82) is 0 Å². The standard InChI is InChI=1S/C19H20N/c1-4-15-9-10-18-16(13-15)11-12-20(3)19(18)17-8-6-5-7-14(17)2/h5-13H,4H2,1-3H3/q+1. The van der Waals surface area contributed by atoms with E-state index in [0.717, 1.165) is 6.42 Å². The Morgan fingerprint density at radius 1 is 1.00 bits per heavy atom. The van der Waals surface area contributed by atoms with E-state index in [0.29, 0.717) is 0 Å². The molecule has 1 aromatic heterocycles. The van der Waals surface area contributed by atoms with Gasteiger partial charge in [0.05, 0.1) is 5.39 Å². The molecule has 0 saturated carbocycles. The average Bonchev–Trinajstić information content (AvgIpc) is 2.48. The van der Waals surface area contributed by atoms with Crippen LogP contribution >= 0.6 is 0 Å². The molecule has 0 radical (unpaired) electrons. The van der Waals surface area contributed by atoms with E-state index >= 15 is 0 Å². The fraction of sp³-hybridized carbons (Fsp3) is 0.211. The number of aryl methyl sites for hydroxylation is 3. The van der Waals surface area contributed by atoms with Crippen molar-refractivity contribution in [2.75, 3.05) is 0 Å². The van der Waals surface area contributed by atoms with Crippen LogP contribution in [-0.2, 0) is 13.5 Å². The topological polar surface area (TPSA) is 3.88 Å². The maximum absolute atomic E-state index is 2.30. The minimum atomic E-state index is 1.08. The molecule has 0 fully saturated rings. The van der Waals surface area contributed by atoms with E-state index in [1.165, 1.54) is 33.2 Å². The summed E-state index contributed by atoms with van der Waals surface area (Å²) >= 11 is 0. The quantitative estimate of drug-likeness (QED) is 0.609. The average molecular weight is 262 g/mol. The molecule has 100 valence electrons. The fourth-order valence-corrected chi connectivity index (χ4v) is 2.82. The number of fused-ring (bicyclic) bond motifs is 1. The minimum absolute atomic E-state index is 1.08. The molecule has 0 atom stereocenters. The number of hydrogen-bond acceptors (Lipinski definition) is 0. The molecule has 2 aromatic carbocycles. The Balaban J connectivity index is 2.35. The molecule has 1 heteroatoms. The van der Waals surface area contributed by atoms with Crippen molar-refractivity contribution in [2.45, 2.75) is 20.3 Å². The molecule has 20 heavy (non-hydrogen) atoms. The van der Waals surface area contributed by atoms with E-state index in [-0.39, 0.29) is 0 Å². The SMILES string of the molecule is CCc1ccc2c(-c3ccccc3C)[n+](C)ccc2c1. The van der Waals surface area contributed by atoms with Crippen LogP contribution in [0.15, 0.2) is 54.7 Å². The summed E-state index contributed by atoms with van der Waals surface area (Å²) in [6, 6.07) is 17.6. The monoisotopic (exact) mass is 262 g/mol. The van der Waals surface area contributed by atoms with Crippen LogP contribution in [0.2, 0.25) is 0 Å². The number of benzene rings is 2. The number of pyridine rings is 1. The molecule has 0 aliphatic carbocycles. The number of hydrogen-bond donors (Lipinski definition) is 0. The predicted molar refractivity (Wildman–Crippen MR) is 84.7 cm³/mol. The molecule has 0 amide bonds. The largest absolute Gasteiger partial charge is 0.220 e. The van der Waals surface area contributed by atoms with E-state index in [4.69, 9.17) is 0 Å². The zero-order chi connectivity index (χ0) is 14.1. The molecule has 0 N–H and O–H groups in total. The van der Waals surface area contributed by atoms with Crippen LogP contribution < -0.4 is 4.57 Å². The second-order valence-electron chi connectivity index (χ2n) is 5.37. The van der Waals surface area contributed by atoms with Crippen molar-refractivity contribution in [2.24, 2.45) is 7.05 Å². The molecule has 0 spiro atoms. The molecule has 0 unspecified atom stereocenters. The van der Waals surface area contributed by atoms with Crippen LogP contribution in [0.1, 0.15) is 18.1 Å². The van der Waals surface area contributed by atoms with Crippen LogP contribution in [-0.4, -0.2) is 0 Å². The Hall–Kier alpha value is -2.15. The van der Waals surface area contributed by atoms with Crippen LogP contribution in [0.5, 0.6) is 0 Å². The van der Waals surface area contributed by atoms with Gasteiger partial charge in [-0.1, -0.05) is 37.3 Å². The second-order valence-corrected chi connectivity index (χ2v) is 5.37. The lowest BCUT2D eigenvalue weighted by Gasteiger charge is -2.08. The lowest BCUT2D eigenvalue weighted by Crippen LogP contribution is -2.30. The van der Waals surface area contributed by atoms with Gasteiger partial charge in [-0.3, -0.25) is 0 Å². The summed E-state index contributed by atoms with van der Waals surface area (Å²) in [4.78, 5) is 0. The maximum atomic E-state index is 2.30. The fourth-order valence-electron chi connectivity index (χ4n) is 2.82. The van der Waals surface area contributed by atoms with E-state index in [9.17, 15) is 0 Å². The third-order valence-electron chi connectivity index (χ3n) is 4.01. The smallest absolute Gasteiger partial charge is 0.200 e. The van der Waals surface area contributed by atoms with Gasteiger partial charge in [0.15, 0.2) is 6.20 Å². The Morgan fingerprint density at radius 2 is 1.80 bits per heavy atom. The lowest BCUT2D eigenvalue weighted by atomic mass is 9.98. The molecule has 0 aliphatic rings. The molecule has 3 rings (SSSR count). The molecule has 0 aliphatic heterocycles. The van der Waals surface area contributed by atoms with Gasteiger partial charge in [0.2, 0.25) is 5.69 Å². The summed E-state index contributed by atoms with van der Waals surface area (Å²) < 4.78 is 2.22. The van der Waals surface area contributed by atoms with Gasteiger partial charge in [-0.15, -0.1) is 0 Å². The predicted octanol–water partition coefficient (Wildman–Crippen LogP) is 4.20. The molecule has 0 bridgehead atoms. The van der Waals surface area contributed by atoms with Gasteiger partial charge in [0, 0.05) is 11.6 Å². The normalized spacial score (nSPS) is 10.9. The molecule has 0 saturated heterocycles. The van der Waals surface area contributed by atoms with Crippen LogP contribution in [0, 0.1) is 6.92 Å². The zero-order valence-corrected chi connectivity index (χ0v) is 12.4. The molecule has 1 heterocycles. The van der Waals surface area contributed by atoms with Crippen molar-refractivity contribution in [1.82, 2.24) is 0 Å². The van der Waals surface area contributed by atoms with E-state index in [1.54, 1.807) is 0 Å². The third-order valence-corrected chi connectivity index (χ3v) is 4.01. The second kappa shape index (κ2) is 5.09. The highest BCUT2D eigenvalue weighted by atomic mass is 14.9. The Labute approximate surface area is 120 Å². The van der Waals surface area contributed by atoms with Gasteiger partial charge in [-0.05, 0) is 42.0 Å². The maximum Gasteiger partial charge on any atom is 0.220 e. The summed E-state index contributed by atoms with van der Waals surface area (Å²) in [5.41, 5.74) is 5.31. The molecule has 1 nitrogen and oxygen atoms in total. The van der Waals surface area contributed by atoms with Crippen LogP contribution in [0.25, 0.3) is 22.0 Å². The number of nitrogens with zero attached hydrogens (tertiary/aromatic N) is 1. The first kappa shape index (κ1) is 12.9. The van der Waals surface area contributed by atoms with Gasteiger partial charge < -0.3 is 0 Å². The Morgan fingerprint density at radius 3 is 2.55 bits per heavy atom. The highest BCUT2D eigenvalue weighted by Gasteiger charge is 2.16. The molecule has 3 aromatic rings. The summed E-state index contributed by atoms with van der Waals surface area (Å²) in [6.07, 6.45) is 3.24. The van der Waals surface area contributed by atoms with E-state index in [2.05, 4.69) is 80.2 Å². The Bertz CT molecular complexity index is 772. The van der Waals surface area contributed by atoms with Gasteiger partial charge in [0.1, 0.15) is 7.05 Å². The summed E-state index contributed by atoms with van der Waals surface area (Å²) in [5, 5.41) is 2.64.